The summed E-state index contributed by atoms with van der Waals surface area (Å²) < 4.78 is 0. The van der Waals surface area contributed by atoms with Gasteiger partial charge in [-0.15, -0.1) is 0 Å². The van der Waals surface area contributed by atoms with Gasteiger partial charge in [0.25, 0.3) is 0 Å². The number of nitrogens with one attached hydrogen (secondary N) is 7. The lowest BCUT2D eigenvalue weighted by Crippen LogP contribution is -2.59. The Morgan fingerprint density at radius 1 is 0.810 bits per heavy atom. The first-order valence-electron chi connectivity index (χ1n) is 20.0. The fourth-order valence-corrected chi connectivity index (χ4v) is 6.51. The molecule has 1 saturated heterocycles. The average Bonchev–Trinajstić information content (AvgIpc) is 3.94. The maximum Gasteiger partial charge on any atom is 0.326 e. The van der Waals surface area contributed by atoms with Crippen LogP contribution >= 0.6 is 0 Å². The van der Waals surface area contributed by atoms with Gasteiger partial charge >= 0.3 is 17.9 Å². The highest BCUT2D eigenvalue weighted by Gasteiger charge is 2.39. The normalized spacial score (nSPS) is 16.7. The number of aromatic hydroxyl groups is 1. The molecule has 24 heteroatoms. The number of aromatic nitrogens is 2. The molecule has 1 aliphatic rings. The van der Waals surface area contributed by atoms with Crippen LogP contribution in [0.4, 0.5) is 0 Å². The van der Waals surface area contributed by atoms with Crippen molar-refractivity contribution in [3.63, 3.8) is 0 Å². The molecule has 63 heavy (non-hydrogen) atoms. The van der Waals surface area contributed by atoms with E-state index in [0.717, 1.165) is 0 Å². The summed E-state index contributed by atoms with van der Waals surface area (Å²) in [6, 6.07) is -4.19. The van der Waals surface area contributed by atoms with Crippen molar-refractivity contribution in [2.45, 2.75) is 108 Å². The molecule has 2 heterocycles. The Morgan fingerprint density at radius 3 is 2.02 bits per heavy atom. The second kappa shape index (κ2) is 23.8. The Morgan fingerprint density at radius 2 is 1.43 bits per heavy atom. The zero-order valence-electron chi connectivity index (χ0n) is 34.8. The SMILES string of the molecule is CC[C@H](C)[C@H](NC(=O)[C@@H]1CCCN1C(=O)[C@H](C)NC(=O)[C@H](CC(=O)O)NC(=O)[C@@H](N)Cc1cnc[nH]1)C(=O)NCC(=O)N[C@@H](Cc1ccc(O)cc1)C(=O)N[C@@H](CC(=O)O)C(=O)O. The molecule has 1 aromatic heterocycles. The van der Waals surface area contributed by atoms with Crippen molar-refractivity contribution >= 4 is 59.3 Å². The molecular formula is C39H54N10O14. The summed E-state index contributed by atoms with van der Waals surface area (Å²) in [7, 11) is 0. The number of H-pyrrole nitrogens is 1. The molecule has 3 rings (SSSR count). The molecule has 0 bridgehead atoms. The van der Waals surface area contributed by atoms with Gasteiger partial charge in [0.05, 0.1) is 31.8 Å². The number of aliphatic carboxylic acids is 3. The summed E-state index contributed by atoms with van der Waals surface area (Å²) in [5, 5.41) is 51.8. The van der Waals surface area contributed by atoms with E-state index in [1.54, 1.807) is 13.8 Å². The van der Waals surface area contributed by atoms with Crippen LogP contribution in [0.15, 0.2) is 36.8 Å². The number of hydrogen-bond acceptors (Lipinski definition) is 13. The van der Waals surface area contributed by atoms with E-state index in [0.29, 0.717) is 24.1 Å². The quantitative estimate of drug-likeness (QED) is 0.0496. The fourth-order valence-electron chi connectivity index (χ4n) is 6.51. The van der Waals surface area contributed by atoms with Crippen molar-refractivity contribution in [1.29, 1.82) is 0 Å². The molecular weight excluding hydrogens is 832 g/mol. The van der Waals surface area contributed by atoms with E-state index in [2.05, 4.69) is 41.9 Å². The Kier molecular flexibility index (Phi) is 19.0. The van der Waals surface area contributed by atoms with Crippen LogP contribution in [0.2, 0.25) is 0 Å². The molecule has 344 valence electrons. The van der Waals surface area contributed by atoms with Crippen LogP contribution in [0.1, 0.15) is 64.1 Å². The molecule has 7 amide bonds. The summed E-state index contributed by atoms with van der Waals surface area (Å²) in [6.07, 6.45) is 1.75. The van der Waals surface area contributed by atoms with Gasteiger partial charge in [-0.25, -0.2) is 9.78 Å². The van der Waals surface area contributed by atoms with Crippen LogP contribution in [0.25, 0.3) is 0 Å². The van der Waals surface area contributed by atoms with E-state index in [9.17, 15) is 63.3 Å². The number of nitrogens with zero attached hydrogens (tertiary/aromatic N) is 2. The average molecular weight is 887 g/mol. The number of likely N-dealkylation sites (tertiary alicyclic amines) is 1. The largest absolute Gasteiger partial charge is 0.508 e. The van der Waals surface area contributed by atoms with Crippen LogP contribution in [-0.2, 0) is 60.8 Å². The van der Waals surface area contributed by atoms with Crippen LogP contribution in [0.3, 0.4) is 0 Å². The molecule has 0 spiro atoms. The molecule has 24 nitrogen and oxygen atoms in total. The van der Waals surface area contributed by atoms with Crippen molar-refractivity contribution in [1.82, 2.24) is 46.8 Å². The molecule has 13 N–H and O–H groups in total. The number of phenols is 1. The number of rotatable bonds is 24. The second-order valence-corrected chi connectivity index (χ2v) is 15.0. The third-order valence-electron chi connectivity index (χ3n) is 10.1. The number of aromatic amines is 1. The van der Waals surface area contributed by atoms with Crippen LogP contribution in [0.5, 0.6) is 5.75 Å². The summed E-state index contributed by atoms with van der Waals surface area (Å²) in [6.45, 7) is 4.09. The van der Waals surface area contributed by atoms with E-state index in [4.69, 9.17) is 10.8 Å². The minimum atomic E-state index is -1.83. The molecule has 1 aliphatic heterocycles. The number of amides is 7. The first-order valence-corrected chi connectivity index (χ1v) is 20.0. The molecule has 8 atom stereocenters. The maximum atomic E-state index is 13.7. The number of benzene rings is 1. The lowest BCUT2D eigenvalue weighted by molar-refractivity contribution is -0.147. The van der Waals surface area contributed by atoms with Crippen LogP contribution < -0.4 is 37.6 Å². The second-order valence-electron chi connectivity index (χ2n) is 15.0. The van der Waals surface area contributed by atoms with E-state index >= 15 is 0 Å². The zero-order valence-corrected chi connectivity index (χ0v) is 34.8. The lowest BCUT2D eigenvalue weighted by atomic mass is 9.97. The van der Waals surface area contributed by atoms with Gasteiger partial charge in [-0.3, -0.25) is 43.2 Å². The van der Waals surface area contributed by atoms with Gasteiger partial charge < -0.3 is 67.9 Å². The molecule has 0 saturated carbocycles. The third kappa shape index (κ3) is 15.7. The van der Waals surface area contributed by atoms with E-state index in [1.165, 1.54) is 48.6 Å². The van der Waals surface area contributed by atoms with Gasteiger partial charge in [-0.05, 0) is 43.4 Å². The topological polar surface area (TPSA) is 382 Å². The van der Waals surface area contributed by atoms with Crippen molar-refractivity contribution in [3.05, 3.63) is 48.0 Å². The summed E-state index contributed by atoms with van der Waals surface area (Å²) in [5.41, 5.74) is 6.88. The highest BCUT2D eigenvalue weighted by molar-refractivity contribution is 5.98. The number of carbonyl (C=O) groups excluding carboxylic acids is 7. The molecule has 0 unspecified atom stereocenters. The summed E-state index contributed by atoms with van der Waals surface area (Å²) in [4.78, 5) is 135. The van der Waals surface area contributed by atoms with E-state index in [-0.39, 0.29) is 31.6 Å². The van der Waals surface area contributed by atoms with Crippen LogP contribution in [0, 0.1) is 5.92 Å². The minimum absolute atomic E-state index is 0.00959. The first-order chi connectivity index (χ1) is 29.7. The van der Waals surface area contributed by atoms with Crippen molar-refractivity contribution in [2.24, 2.45) is 11.7 Å². The predicted octanol–water partition coefficient (Wildman–Crippen LogP) is -3.14. The highest BCUT2D eigenvalue weighted by Crippen LogP contribution is 2.20. The smallest absolute Gasteiger partial charge is 0.326 e. The Balaban J connectivity index is 1.65. The van der Waals surface area contributed by atoms with Gasteiger partial charge in [0.1, 0.15) is 42.0 Å². The van der Waals surface area contributed by atoms with E-state index < -0.39 is 127 Å². The van der Waals surface area contributed by atoms with Crippen molar-refractivity contribution in [3.8, 4) is 5.75 Å². The fraction of sp³-hybridized carbons (Fsp3) is 0.513. The van der Waals surface area contributed by atoms with Crippen molar-refractivity contribution in [2.75, 3.05) is 13.1 Å². The number of phenolic OH excluding ortho intramolecular Hbond substituents is 1. The molecule has 0 radical (unpaired) electrons. The van der Waals surface area contributed by atoms with Gasteiger partial charge in [0, 0.05) is 31.3 Å². The summed E-state index contributed by atoms with van der Waals surface area (Å²) >= 11 is 0. The number of carbonyl (C=O) groups is 10. The lowest BCUT2D eigenvalue weighted by Gasteiger charge is -2.30. The predicted molar refractivity (Wildman–Crippen MR) is 217 cm³/mol. The van der Waals surface area contributed by atoms with Gasteiger partial charge in [0.2, 0.25) is 41.4 Å². The Hall–Kier alpha value is -7.11. The molecule has 1 fully saturated rings. The van der Waals surface area contributed by atoms with Crippen molar-refractivity contribution < 1.29 is 68.4 Å². The minimum Gasteiger partial charge on any atom is -0.508 e. The third-order valence-corrected chi connectivity index (χ3v) is 10.1. The van der Waals surface area contributed by atoms with Gasteiger partial charge in [0.15, 0.2) is 0 Å². The number of nitrogens with two attached hydrogens (primary N) is 1. The van der Waals surface area contributed by atoms with Crippen LogP contribution in [-0.4, -0.2) is 150 Å². The van der Waals surface area contributed by atoms with Gasteiger partial charge in [-0.1, -0.05) is 32.4 Å². The Bertz CT molecular complexity index is 1980. The number of carboxylic acid groups (broad SMARTS) is 3. The number of carboxylic acids is 3. The standard InChI is InChI=1S/C39H54N10O14/c1-4-19(2)32(37(60)42-17-29(51)45-25(12-21-7-9-23(50)10-8-21)35(58)47-27(39(62)63)15-31(54)55)48-36(59)28-6-5-11-49(28)38(61)20(3)44-34(57)26(14-30(52)53)46-33(56)24(40)13-22-16-41-18-43-22/h7-10,16,18-20,24-28,32,50H,4-6,11-15,17,40H2,1-3H3,(H,41,43)(H,42,60)(H,44,57)(H,45,51)(H,46,56)(H,47,58)(H,48,59)(H,52,53)(H,54,55)(H,62,63)/t19-,20-,24-,25-,26-,27-,28-,32-/m0/s1. The zero-order chi connectivity index (χ0) is 47.0. The highest BCUT2D eigenvalue weighted by atomic mass is 16.4. The number of imidazole rings is 1. The maximum absolute atomic E-state index is 13.7. The monoisotopic (exact) mass is 886 g/mol. The van der Waals surface area contributed by atoms with E-state index in [1.807, 2.05) is 0 Å². The number of hydrogen-bond donors (Lipinski definition) is 12. The summed E-state index contributed by atoms with van der Waals surface area (Å²) in [5.74, 6) is -11.2. The first kappa shape index (κ1) is 50.2. The molecule has 1 aromatic carbocycles. The van der Waals surface area contributed by atoms with Gasteiger partial charge in [-0.2, -0.15) is 0 Å². The Labute approximate surface area is 360 Å². The molecule has 0 aliphatic carbocycles. The molecule has 2 aromatic rings.